The zero-order chi connectivity index (χ0) is 12.8. The van der Waals surface area contributed by atoms with E-state index in [0.717, 1.165) is 50.0 Å². The Morgan fingerprint density at radius 3 is 3.05 bits per heavy atom. The summed E-state index contributed by atoms with van der Waals surface area (Å²) in [6.45, 7) is 1.66. The predicted molar refractivity (Wildman–Crippen MR) is 75.0 cm³/mol. The summed E-state index contributed by atoms with van der Waals surface area (Å²) >= 11 is 0. The number of hydrogen-bond donors (Lipinski definition) is 3. The second kappa shape index (κ2) is 5.35. The molecule has 1 amide bonds. The lowest BCUT2D eigenvalue weighted by molar-refractivity contribution is 0.0836. The molecular weight excluding hydrogens is 280 g/mol. The molecule has 3 atom stereocenters. The number of H-pyrrole nitrogens is 1. The summed E-state index contributed by atoms with van der Waals surface area (Å²) in [5.74, 6) is -0.0673. The second-order valence-corrected chi connectivity index (χ2v) is 5.65. The maximum Gasteiger partial charge on any atom is 0.272 e. The summed E-state index contributed by atoms with van der Waals surface area (Å²) in [5, 5.41) is 13.5. The normalized spacial score (nSPS) is 30.7. The summed E-state index contributed by atoms with van der Waals surface area (Å²) in [5.41, 5.74) is 2.66. The van der Waals surface area contributed by atoms with Gasteiger partial charge in [0.05, 0.1) is 18.2 Å². The van der Waals surface area contributed by atoms with Gasteiger partial charge < -0.3 is 15.4 Å². The van der Waals surface area contributed by atoms with Crippen LogP contribution in [0.1, 0.15) is 41.0 Å². The molecule has 3 unspecified atom stereocenters. The first-order chi connectivity index (χ1) is 9.31. The number of nitrogens with one attached hydrogen (secondary N) is 3. The van der Waals surface area contributed by atoms with E-state index in [9.17, 15) is 4.79 Å². The lowest BCUT2D eigenvalue weighted by atomic mass is 9.95. The highest BCUT2D eigenvalue weighted by Gasteiger charge is 2.41. The van der Waals surface area contributed by atoms with Crippen LogP contribution in [0.4, 0.5) is 0 Å². The third kappa shape index (κ3) is 2.21. The Morgan fingerprint density at radius 1 is 1.40 bits per heavy atom. The van der Waals surface area contributed by atoms with Crippen molar-refractivity contribution in [2.75, 3.05) is 6.54 Å². The van der Waals surface area contributed by atoms with Crippen LogP contribution in [-0.4, -0.2) is 40.9 Å². The third-order valence-corrected chi connectivity index (χ3v) is 4.44. The fourth-order valence-electron chi connectivity index (χ4n) is 3.44. The van der Waals surface area contributed by atoms with Gasteiger partial charge in [-0.2, -0.15) is 5.10 Å². The van der Waals surface area contributed by atoms with Crippen molar-refractivity contribution in [3.63, 3.8) is 0 Å². The molecule has 0 saturated carbocycles. The van der Waals surface area contributed by atoms with E-state index in [1.165, 1.54) is 0 Å². The Hall–Kier alpha value is -1.11. The van der Waals surface area contributed by atoms with Crippen LogP contribution in [0.3, 0.4) is 0 Å². The lowest BCUT2D eigenvalue weighted by Gasteiger charge is -2.20. The Morgan fingerprint density at radius 2 is 2.30 bits per heavy atom. The number of nitrogens with zero attached hydrogens (tertiary/aromatic N) is 1. The van der Waals surface area contributed by atoms with E-state index in [1.807, 2.05) is 0 Å². The summed E-state index contributed by atoms with van der Waals surface area (Å²) in [6, 6.07) is 0.162. The van der Waals surface area contributed by atoms with Crippen LogP contribution in [0.2, 0.25) is 0 Å². The van der Waals surface area contributed by atoms with Crippen LogP contribution in [0.25, 0.3) is 0 Å². The third-order valence-electron chi connectivity index (χ3n) is 4.44. The fourth-order valence-corrected chi connectivity index (χ4v) is 3.44. The molecule has 20 heavy (non-hydrogen) atoms. The maximum atomic E-state index is 12.3. The number of aromatic amines is 1. The SMILES string of the molecule is Cl.O=C(NC1CC2CCC1O2)c1n[nH]c2c1CNCC2. The molecule has 7 heteroatoms. The summed E-state index contributed by atoms with van der Waals surface area (Å²) in [4.78, 5) is 12.3. The van der Waals surface area contributed by atoms with Crippen molar-refractivity contribution in [2.45, 2.75) is 50.5 Å². The number of aromatic nitrogens is 2. The van der Waals surface area contributed by atoms with Crippen molar-refractivity contribution in [3.8, 4) is 0 Å². The topological polar surface area (TPSA) is 79.0 Å². The number of rotatable bonds is 2. The zero-order valence-corrected chi connectivity index (χ0v) is 12.0. The van der Waals surface area contributed by atoms with E-state index in [4.69, 9.17) is 4.74 Å². The summed E-state index contributed by atoms with van der Waals surface area (Å²) in [7, 11) is 0. The van der Waals surface area contributed by atoms with Crippen molar-refractivity contribution in [3.05, 3.63) is 17.0 Å². The Bertz CT molecular complexity index is 518. The minimum atomic E-state index is -0.0673. The molecule has 3 N–H and O–H groups in total. The number of ether oxygens (including phenoxy) is 1. The Balaban J connectivity index is 0.00000121. The number of carbonyl (C=O) groups excluding carboxylic acids is 1. The van der Waals surface area contributed by atoms with E-state index in [0.29, 0.717) is 11.8 Å². The fraction of sp³-hybridized carbons (Fsp3) is 0.692. The number of hydrogen-bond acceptors (Lipinski definition) is 4. The number of halogens is 1. The van der Waals surface area contributed by atoms with Crippen molar-refractivity contribution < 1.29 is 9.53 Å². The van der Waals surface area contributed by atoms with Gasteiger partial charge in [-0.15, -0.1) is 12.4 Å². The standard InChI is InChI=1S/C13H18N4O2.ClH/c18-13(15-10-5-7-1-2-11(10)19-7)12-8-6-14-4-3-9(8)16-17-12;/h7,10-11,14H,1-6H2,(H,15,18)(H,16,17);1H. The van der Waals surface area contributed by atoms with Crippen LogP contribution in [-0.2, 0) is 17.7 Å². The van der Waals surface area contributed by atoms with Crippen molar-refractivity contribution in [1.82, 2.24) is 20.8 Å². The van der Waals surface area contributed by atoms with Crippen LogP contribution < -0.4 is 10.6 Å². The van der Waals surface area contributed by atoms with Gasteiger partial charge in [0, 0.05) is 30.8 Å². The minimum Gasteiger partial charge on any atom is -0.373 e. The van der Waals surface area contributed by atoms with E-state index in [-0.39, 0.29) is 30.5 Å². The molecule has 2 saturated heterocycles. The lowest BCUT2D eigenvalue weighted by Crippen LogP contribution is -2.42. The quantitative estimate of drug-likeness (QED) is 0.744. The highest BCUT2D eigenvalue weighted by Crippen LogP contribution is 2.34. The highest BCUT2D eigenvalue weighted by atomic mass is 35.5. The maximum absolute atomic E-state index is 12.3. The van der Waals surface area contributed by atoms with Crippen molar-refractivity contribution in [1.29, 1.82) is 0 Å². The number of carbonyl (C=O) groups is 1. The van der Waals surface area contributed by atoms with Gasteiger partial charge in [0.25, 0.3) is 5.91 Å². The van der Waals surface area contributed by atoms with Gasteiger partial charge in [0.1, 0.15) is 0 Å². The highest BCUT2D eigenvalue weighted by molar-refractivity contribution is 5.94. The monoisotopic (exact) mass is 298 g/mol. The zero-order valence-electron chi connectivity index (χ0n) is 11.1. The van der Waals surface area contributed by atoms with Gasteiger partial charge in [-0.1, -0.05) is 0 Å². The molecule has 0 spiro atoms. The van der Waals surface area contributed by atoms with Gasteiger partial charge in [-0.3, -0.25) is 9.89 Å². The number of amides is 1. The molecule has 3 aliphatic rings. The molecular formula is C13H19ClN4O2. The summed E-state index contributed by atoms with van der Waals surface area (Å²) in [6.07, 6.45) is 4.62. The molecule has 1 aromatic heterocycles. The minimum absolute atomic E-state index is 0. The van der Waals surface area contributed by atoms with Gasteiger partial charge in [0.2, 0.25) is 0 Å². The Labute approximate surface area is 123 Å². The molecule has 1 aromatic rings. The molecule has 3 aliphatic heterocycles. The van der Waals surface area contributed by atoms with Gasteiger partial charge >= 0.3 is 0 Å². The molecule has 0 aliphatic carbocycles. The van der Waals surface area contributed by atoms with Crippen LogP contribution in [0.15, 0.2) is 0 Å². The number of fused-ring (bicyclic) bond motifs is 3. The van der Waals surface area contributed by atoms with E-state index >= 15 is 0 Å². The average molecular weight is 299 g/mol. The second-order valence-electron chi connectivity index (χ2n) is 5.65. The molecule has 110 valence electrons. The van der Waals surface area contributed by atoms with Gasteiger partial charge in [-0.05, 0) is 19.3 Å². The average Bonchev–Trinajstić information content (AvgIpc) is 3.13. The van der Waals surface area contributed by atoms with E-state index in [1.54, 1.807) is 0 Å². The van der Waals surface area contributed by atoms with Crippen molar-refractivity contribution >= 4 is 18.3 Å². The van der Waals surface area contributed by atoms with Gasteiger partial charge in [-0.25, -0.2) is 0 Å². The van der Waals surface area contributed by atoms with E-state index in [2.05, 4.69) is 20.8 Å². The molecule has 2 bridgehead atoms. The van der Waals surface area contributed by atoms with E-state index < -0.39 is 0 Å². The molecule has 0 aromatic carbocycles. The molecule has 4 heterocycles. The largest absolute Gasteiger partial charge is 0.373 e. The first-order valence-electron chi connectivity index (χ1n) is 7.04. The van der Waals surface area contributed by atoms with Crippen LogP contribution in [0, 0.1) is 0 Å². The first kappa shape index (κ1) is 13.9. The molecule has 4 rings (SSSR count). The predicted octanol–water partition coefficient (Wildman–Crippen LogP) is 0.527. The smallest absolute Gasteiger partial charge is 0.272 e. The summed E-state index contributed by atoms with van der Waals surface area (Å²) < 4.78 is 5.76. The van der Waals surface area contributed by atoms with Crippen LogP contribution >= 0.6 is 12.4 Å². The Kier molecular flexibility index (Phi) is 3.70. The first-order valence-corrected chi connectivity index (χ1v) is 7.04. The van der Waals surface area contributed by atoms with Crippen LogP contribution in [0.5, 0.6) is 0 Å². The molecule has 0 radical (unpaired) electrons. The van der Waals surface area contributed by atoms with Crippen molar-refractivity contribution in [2.24, 2.45) is 0 Å². The van der Waals surface area contributed by atoms with Gasteiger partial charge in [0.15, 0.2) is 5.69 Å². The molecule has 6 nitrogen and oxygen atoms in total. The molecule has 2 fully saturated rings.